The summed E-state index contributed by atoms with van der Waals surface area (Å²) in [7, 11) is 0. The lowest BCUT2D eigenvalue weighted by molar-refractivity contribution is -0.0528. The molecule has 2 aromatic rings. The van der Waals surface area contributed by atoms with E-state index in [0.717, 1.165) is 26.1 Å². The van der Waals surface area contributed by atoms with Crippen molar-refractivity contribution >= 4 is 17.5 Å². The predicted octanol–water partition coefficient (Wildman–Crippen LogP) is 2.25. The second-order valence-electron chi connectivity index (χ2n) is 5.62. The first-order valence-corrected chi connectivity index (χ1v) is 8.00. The first kappa shape index (κ1) is 17.8. The van der Waals surface area contributed by atoms with Crippen LogP contribution in [0.5, 0.6) is 5.88 Å². The lowest BCUT2D eigenvalue weighted by Gasteiger charge is -2.22. The number of halogens is 2. The van der Waals surface area contributed by atoms with Crippen molar-refractivity contribution in [2.45, 2.75) is 19.5 Å². The third kappa shape index (κ3) is 4.76. The van der Waals surface area contributed by atoms with Crippen molar-refractivity contribution in [3.8, 4) is 11.9 Å². The van der Waals surface area contributed by atoms with Crippen molar-refractivity contribution in [1.82, 2.24) is 20.2 Å². The zero-order valence-corrected chi connectivity index (χ0v) is 13.7. The molecular formula is C15H17F2N7O2. The van der Waals surface area contributed by atoms with Crippen molar-refractivity contribution < 1.29 is 18.3 Å². The highest BCUT2D eigenvalue weighted by molar-refractivity contribution is 5.57. The van der Waals surface area contributed by atoms with Gasteiger partial charge in [-0.1, -0.05) is 0 Å². The average Bonchev–Trinajstić information content (AvgIpc) is 3.07. The summed E-state index contributed by atoms with van der Waals surface area (Å²) < 4.78 is 33.9. The summed E-state index contributed by atoms with van der Waals surface area (Å²) in [6, 6.07) is 3.25. The summed E-state index contributed by atoms with van der Waals surface area (Å²) >= 11 is 0. The Balaban J connectivity index is 1.66. The smallest absolute Gasteiger partial charge is 0.388 e. The van der Waals surface area contributed by atoms with Crippen LogP contribution in [-0.2, 0) is 4.74 Å². The average molecular weight is 365 g/mol. The summed E-state index contributed by atoms with van der Waals surface area (Å²) in [6.07, 6.45) is 3.25. The first-order valence-electron chi connectivity index (χ1n) is 8.00. The number of alkyl halides is 2. The zero-order valence-electron chi connectivity index (χ0n) is 13.7. The van der Waals surface area contributed by atoms with Gasteiger partial charge in [0, 0.05) is 25.8 Å². The van der Waals surface area contributed by atoms with Crippen LogP contribution in [0.1, 0.15) is 18.5 Å². The van der Waals surface area contributed by atoms with E-state index in [0.29, 0.717) is 24.1 Å². The number of rotatable bonds is 7. The molecule has 0 aromatic carbocycles. The van der Waals surface area contributed by atoms with Gasteiger partial charge in [0.15, 0.2) is 23.1 Å². The Hall–Kier alpha value is -3.00. The lowest BCUT2D eigenvalue weighted by atomic mass is 10.0. The van der Waals surface area contributed by atoms with Gasteiger partial charge in [-0.15, -0.1) is 0 Å². The third-order valence-corrected chi connectivity index (χ3v) is 3.80. The van der Waals surface area contributed by atoms with Crippen LogP contribution < -0.4 is 15.4 Å². The van der Waals surface area contributed by atoms with Crippen LogP contribution in [0.4, 0.5) is 26.2 Å². The molecule has 0 saturated carbocycles. The van der Waals surface area contributed by atoms with E-state index in [4.69, 9.17) is 4.74 Å². The number of ether oxygens (including phenoxy) is 2. The molecule has 0 amide bonds. The van der Waals surface area contributed by atoms with Crippen molar-refractivity contribution in [1.29, 1.82) is 5.26 Å². The molecule has 3 heterocycles. The van der Waals surface area contributed by atoms with Crippen LogP contribution in [0.3, 0.4) is 0 Å². The predicted molar refractivity (Wildman–Crippen MR) is 87.3 cm³/mol. The van der Waals surface area contributed by atoms with Gasteiger partial charge in [0.25, 0.3) is 0 Å². The van der Waals surface area contributed by atoms with Crippen LogP contribution in [0, 0.1) is 17.2 Å². The maximum absolute atomic E-state index is 12.2. The molecule has 2 aromatic heterocycles. The minimum absolute atomic E-state index is 0.173. The summed E-state index contributed by atoms with van der Waals surface area (Å²) in [5.41, 5.74) is 0.173. The molecule has 1 saturated heterocycles. The topological polar surface area (TPSA) is 121 Å². The molecular weight excluding hydrogens is 348 g/mol. The van der Waals surface area contributed by atoms with Gasteiger partial charge < -0.3 is 20.1 Å². The maximum atomic E-state index is 12.2. The van der Waals surface area contributed by atoms with Crippen LogP contribution in [-0.4, -0.2) is 46.5 Å². The molecule has 1 fully saturated rings. The fourth-order valence-electron chi connectivity index (χ4n) is 2.50. The van der Waals surface area contributed by atoms with Gasteiger partial charge in [0.1, 0.15) is 6.07 Å². The summed E-state index contributed by atoms with van der Waals surface area (Å²) in [5, 5.41) is 21.3. The lowest BCUT2D eigenvalue weighted by Crippen LogP contribution is -2.23. The van der Waals surface area contributed by atoms with Crippen molar-refractivity contribution in [2.75, 3.05) is 30.4 Å². The van der Waals surface area contributed by atoms with Crippen LogP contribution in [0.25, 0.3) is 0 Å². The monoisotopic (exact) mass is 365 g/mol. The molecule has 3 rings (SSSR count). The van der Waals surface area contributed by atoms with Crippen molar-refractivity contribution in [3.63, 3.8) is 0 Å². The Bertz CT molecular complexity index is 772. The molecule has 0 bridgehead atoms. The molecule has 1 aliphatic rings. The zero-order chi connectivity index (χ0) is 18.4. The fraction of sp³-hybridized carbons (Fsp3) is 0.467. The highest BCUT2D eigenvalue weighted by Gasteiger charge is 2.16. The van der Waals surface area contributed by atoms with E-state index >= 15 is 0 Å². The summed E-state index contributed by atoms with van der Waals surface area (Å²) in [6.45, 7) is -0.830. The van der Waals surface area contributed by atoms with E-state index in [1.165, 1.54) is 12.3 Å². The summed E-state index contributed by atoms with van der Waals surface area (Å²) in [5.74, 6) is 1.16. The highest BCUT2D eigenvalue weighted by atomic mass is 19.3. The van der Waals surface area contributed by atoms with Crippen LogP contribution >= 0.6 is 0 Å². The largest absolute Gasteiger partial charge is 0.417 e. The SMILES string of the molecule is N#Cc1ncc(Nc2cc(OC(F)F)[nH]n2)nc1NCC1CCOCC1. The van der Waals surface area contributed by atoms with Crippen molar-refractivity contribution in [3.05, 3.63) is 18.0 Å². The van der Waals surface area contributed by atoms with Gasteiger partial charge in [-0.3, -0.25) is 0 Å². The molecule has 11 heteroatoms. The molecule has 0 spiro atoms. The molecule has 0 radical (unpaired) electrons. The molecule has 9 nitrogen and oxygen atoms in total. The second-order valence-corrected chi connectivity index (χ2v) is 5.62. The number of H-pyrrole nitrogens is 1. The Labute approximate surface area is 147 Å². The molecule has 3 N–H and O–H groups in total. The van der Waals surface area contributed by atoms with E-state index in [9.17, 15) is 14.0 Å². The van der Waals surface area contributed by atoms with Gasteiger partial charge in [0.05, 0.1) is 6.20 Å². The fourth-order valence-corrected chi connectivity index (χ4v) is 2.50. The summed E-state index contributed by atoms with van der Waals surface area (Å²) in [4.78, 5) is 8.36. The Kier molecular flexibility index (Phi) is 5.75. The quantitative estimate of drug-likeness (QED) is 0.683. The molecule has 1 aliphatic heterocycles. The molecule has 0 aliphatic carbocycles. The Morgan fingerprint density at radius 1 is 1.38 bits per heavy atom. The van der Waals surface area contributed by atoms with E-state index in [-0.39, 0.29) is 17.4 Å². The van der Waals surface area contributed by atoms with Crippen molar-refractivity contribution in [2.24, 2.45) is 5.92 Å². The molecule has 0 atom stereocenters. The number of nitrogens with one attached hydrogen (secondary N) is 3. The van der Waals surface area contributed by atoms with Gasteiger partial charge >= 0.3 is 6.61 Å². The maximum Gasteiger partial charge on any atom is 0.388 e. The number of nitriles is 1. The third-order valence-electron chi connectivity index (χ3n) is 3.80. The number of aromatic amines is 1. The molecule has 26 heavy (non-hydrogen) atoms. The van der Waals surface area contributed by atoms with E-state index in [1.54, 1.807) is 0 Å². The number of nitrogens with zero attached hydrogens (tertiary/aromatic N) is 4. The number of hydrogen-bond acceptors (Lipinski definition) is 8. The highest BCUT2D eigenvalue weighted by Crippen LogP contribution is 2.21. The van der Waals surface area contributed by atoms with E-state index in [1.807, 2.05) is 6.07 Å². The Morgan fingerprint density at radius 2 is 2.19 bits per heavy atom. The molecule has 138 valence electrons. The van der Waals surface area contributed by atoms with E-state index in [2.05, 4.69) is 35.5 Å². The normalized spacial score (nSPS) is 14.8. The van der Waals surface area contributed by atoms with Gasteiger partial charge in [-0.05, 0) is 18.8 Å². The number of aromatic nitrogens is 4. The van der Waals surface area contributed by atoms with Gasteiger partial charge in [0.2, 0.25) is 5.88 Å². The minimum atomic E-state index is -2.95. The van der Waals surface area contributed by atoms with Crippen LogP contribution in [0.15, 0.2) is 12.3 Å². The van der Waals surface area contributed by atoms with E-state index < -0.39 is 6.61 Å². The first-order chi connectivity index (χ1) is 12.6. The standard InChI is InChI=1S/C15H17F2N7O2/c16-15(17)26-13-5-11(23-24-13)21-12-8-19-10(6-18)14(22-12)20-7-9-1-3-25-4-2-9/h5,8-9,15H,1-4,7H2,(H3,20,21,22,23,24). The number of anilines is 3. The molecule has 0 unspecified atom stereocenters. The van der Waals surface area contributed by atoms with Crippen LogP contribution in [0.2, 0.25) is 0 Å². The minimum Gasteiger partial charge on any atom is -0.417 e. The van der Waals surface area contributed by atoms with Gasteiger partial charge in [-0.25, -0.2) is 15.1 Å². The Morgan fingerprint density at radius 3 is 2.92 bits per heavy atom. The number of hydrogen-bond donors (Lipinski definition) is 3. The van der Waals surface area contributed by atoms with Gasteiger partial charge in [-0.2, -0.15) is 19.1 Å². The second kappa shape index (κ2) is 8.39.